The van der Waals surface area contributed by atoms with E-state index < -0.39 is 0 Å². The summed E-state index contributed by atoms with van der Waals surface area (Å²) in [5.41, 5.74) is 0.554. The molecule has 0 spiro atoms. The number of ether oxygens (including phenoxy) is 1. The van der Waals surface area contributed by atoms with Gasteiger partial charge in [0.2, 0.25) is 0 Å². The molecule has 0 saturated carbocycles. The molecule has 0 unspecified atom stereocenters. The van der Waals surface area contributed by atoms with Gasteiger partial charge in [0.25, 0.3) is 0 Å². The molecule has 0 bridgehead atoms. The molecule has 0 aliphatic carbocycles. The maximum atomic E-state index is 11.3. The van der Waals surface area contributed by atoms with Gasteiger partial charge in [-0.3, -0.25) is 0 Å². The van der Waals surface area contributed by atoms with Crippen molar-refractivity contribution in [3.05, 3.63) is 27.3 Å². The van der Waals surface area contributed by atoms with Crippen molar-refractivity contribution in [2.24, 2.45) is 0 Å². The molecule has 1 rings (SSSR count). The molecule has 0 saturated heterocycles. The summed E-state index contributed by atoms with van der Waals surface area (Å²) in [6, 6.07) is 5.36. The van der Waals surface area contributed by atoms with Crippen LogP contribution in [0.1, 0.15) is 17.3 Å². The fourth-order valence-corrected chi connectivity index (χ4v) is 2.10. The Balaban J connectivity index is 2.94. The number of hydrogen-bond acceptors (Lipinski definition) is 3. The van der Waals surface area contributed by atoms with Gasteiger partial charge >= 0.3 is 5.97 Å². The molecule has 13 heavy (non-hydrogen) atoms. The second-order valence-corrected chi connectivity index (χ2v) is 4.18. The Labute approximate surface area is 96.2 Å². The Bertz CT molecular complexity index is 305. The van der Waals surface area contributed by atoms with Crippen molar-refractivity contribution in [1.82, 2.24) is 0 Å². The fraction of sp³-hybridized carbons (Fsp3) is 0.222. The lowest BCUT2D eigenvalue weighted by atomic mass is 10.2. The van der Waals surface area contributed by atoms with Crippen LogP contribution in [-0.4, -0.2) is 12.6 Å². The van der Waals surface area contributed by atoms with Gasteiger partial charge in [-0.1, -0.05) is 0 Å². The Morgan fingerprint density at radius 3 is 2.77 bits per heavy atom. The highest BCUT2D eigenvalue weighted by atomic mass is 127. The van der Waals surface area contributed by atoms with Gasteiger partial charge in [0.15, 0.2) is 0 Å². The standard InChI is InChI=1S/C9H9IO2S/c1-2-12-9(11)6-3-7(10)5-8(13)4-6/h3-5,13H,2H2,1H3. The van der Waals surface area contributed by atoms with E-state index in [4.69, 9.17) is 4.74 Å². The van der Waals surface area contributed by atoms with Gasteiger partial charge in [-0.05, 0) is 47.7 Å². The SMILES string of the molecule is CCOC(=O)c1cc(S)cc(I)c1. The lowest BCUT2D eigenvalue weighted by Gasteiger charge is -2.02. The molecule has 1 aromatic carbocycles. The van der Waals surface area contributed by atoms with E-state index >= 15 is 0 Å². The van der Waals surface area contributed by atoms with Crippen molar-refractivity contribution >= 4 is 41.2 Å². The normalized spacial score (nSPS) is 9.77. The summed E-state index contributed by atoms with van der Waals surface area (Å²) in [6.45, 7) is 2.18. The quantitative estimate of drug-likeness (QED) is 0.516. The summed E-state index contributed by atoms with van der Waals surface area (Å²) < 4.78 is 5.84. The molecule has 70 valence electrons. The van der Waals surface area contributed by atoms with Crippen LogP contribution in [0.3, 0.4) is 0 Å². The van der Waals surface area contributed by atoms with E-state index in [1.54, 1.807) is 19.1 Å². The van der Waals surface area contributed by atoms with Crippen molar-refractivity contribution in [2.45, 2.75) is 11.8 Å². The molecule has 0 heterocycles. The summed E-state index contributed by atoms with van der Waals surface area (Å²) in [4.78, 5) is 12.1. The van der Waals surface area contributed by atoms with E-state index in [9.17, 15) is 4.79 Å². The summed E-state index contributed by atoms with van der Waals surface area (Å²) in [5, 5.41) is 0. The van der Waals surface area contributed by atoms with Crippen molar-refractivity contribution in [3.63, 3.8) is 0 Å². The van der Waals surface area contributed by atoms with Crippen LogP contribution in [0.4, 0.5) is 0 Å². The summed E-state index contributed by atoms with van der Waals surface area (Å²) in [5.74, 6) is -0.295. The first-order chi connectivity index (χ1) is 6.13. The van der Waals surface area contributed by atoms with Gasteiger partial charge in [-0.2, -0.15) is 0 Å². The number of halogens is 1. The maximum absolute atomic E-state index is 11.3. The molecule has 0 aliphatic heterocycles. The molecule has 0 atom stereocenters. The van der Waals surface area contributed by atoms with Crippen LogP contribution in [0.15, 0.2) is 23.1 Å². The zero-order valence-electron chi connectivity index (χ0n) is 7.08. The number of carbonyl (C=O) groups is 1. The average molecular weight is 308 g/mol. The molecular formula is C9H9IO2S. The van der Waals surface area contributed by atoms with Crippen molar-refractivity contribution in [1.29, 1.82) is 0 Å². The van der Waals surface area contributed by atoms with Crippen molar-refractivity contribution in [2.75, 3.05) is 6.61 Å². The van der Waals surface area contributed by atoms with Gasteiger partial charge in [0.1, 0.15) is 0 Å². The van der Waals surface area contributed by atoms with E-state index in [-0.39, 0.29) is 5.97 Å². The number of rotatable bonds is 2. The second-order valence-electron chi connectivity index (χ2n) is 2.42. The third-order valence-electron chi connectivity index (χ3n) is 1.39. The molecule has 2 nitrogen and oxygen atoms in total. The van der Waals surface area contributed by atoms with Gasteiger partial charge in [0.05, 0.1) is 12.2 Å². The molecule has 1 aromatic rings. The van der Waals surface area contributed by atoms with Crippen LogP contribution in [0.5, 0.6) is 0 Å². The molecular weight excluding hydrogens is 299 g/mol. The molecule has 4 heteroatoms. The predicted octanol–water partition coefficient (Wildman–Crippen LogP) is 2.76. The van der Waals surface area contributed by atoms with E-state index in [0.717, 1.165) is 8.47 Å². The number of thiol groups is 1. The van der Waals surface area contributed by atoms with E-state index in [0.29, 0.717) is 12.2 Å². The average Bonchev–Trinajstić information content (AvgIpc) is 2.03. The zero-order valence-corrected chi connectivity index (χ0v) is 10.1. The Morgan fingerprint density at radius 1 is 1.54 bits per heavy atom. The van der Waals surface area contributed by atoms with Crippen LogP contribution in [0.25, 0.3) is 0 Å². The van der Waals surface area contributed by atoms with E-state index in [1.165, 1.54) is 0 Å². The minimum absolute atomic E-state index is 0.295. The minimum Gasteiger partial charge on any atom is -0.462 e. The Morgan fingerprint density at radius 2 is 2.23 bits per heavy atom. The third-order valence-corrected chi connectivity index (χ3v) is 2.27. The van der Waals surface area contributed by atoms with Crippen molar-refractivity contribution < 1.29 is 9.53 Å². The summed E-state index contributed by atoms with van der Waals surface area (Å²) in [6.07, 6.45) is 0. The van der Waals surface area contributed by atoms with Gasteiger partial charge in [-0.15, -0.1) is 12.6 Å². The topological polar surface area (TPSA) is 26.3 Å². The van der Waals surface area contributed by atoms with Crippen LogP contribution in [-0.2, 0) is 4.74 Å². The van der Waals surface area contributed by atoms with E-state index in [1.807, 2.05) is 6.07 Å². The van der Waals surface area contributed by atoms with Gasteiger partial charge in [-0.25, -0.2) is 4.79 Å². The summed E-state index contributed by atoms with van der Waals surface area (Å²) in [7, 11) is 0. The lowest BCUT2D eigenvalue weighted by molar-refractivity contribution is 0.0526. The first kappa shape index (κ1) is 10.8. The Hall–Kier alpha value is -0.230. The van der Waals surface area contributed by atoms with Crippen LogP contribution in [0, 0.1) is 3.57 Å². The lowest BCUT2D eigenvalue weighted by Crippen LogP contribution is -2.04. The zero-order chi connectivity index (χ0) is 9.84. The first-order valence-electron chi connectivity index (χ1n) is 3.80. The van der Waals surface area contributed by atoms with Crippen LogP contribution >= 0.6 is 35.2 Å². The third kappa shape index (κ3) is 3.19. The van der Waals surface area contributed by atoms with Crippen LogP contribution in [0.2, 0.25) is 0 Å². The molecule has 0 aliphatic rings. The predicted molar refractivity (Wildman–Crippen MR) is 62.4 cm³/mol. The highest BCUT2D eigenvalue weighted by Gasteiger charge is 2.07. The van der Waals surface area contributed by atoms with Gasteiger partial charge in [0, 0.05) is 8.47 Å². The maximum Gasteiger partial charge on any atom is 0.338 e. The monoisotopic (exact) mass is 308 g/mol. The number of hydrogen-bond donors (Lipinski definition) is 1. The second kappa shape index (κ2) is 4.85. The van der Waals surface area contributed by atoms with E-state index in [2.05, 4.69) is 35.2 Å². The number of benzene rings is 1. The fourth-order valence-electron chi connectivity index (χ4n) is 0.906. The summed E-state index contributed by atoms with van der Waals surface area (Å²) >= 11 is 6.31. The van der Waals surface area contributed by atoms with Crippen molar-refractivity contribution in [3.8, 4) is 0 Å². The highest BCUT2D eigenvalue weighted by Crippen LogP contribution is 2.15. The molecule has 0 aromatic heterocycles. The minimum atomic E-state index is -0.295. The molecule has 0 N–H and O–H groups in total. The Kier molecular flexibility index (Phi) is 4.05. The largest absolute Gasteiger partial charge is 0.462 e. The van der Waals surface area contributed by atoms with Crippen LogP contribution < -0.4 is 0 Å². The molecule has 0 amide bonds. The number of carbonyl (C=O) groups excluding carboxylic acids is 1. The molecule has 0 fully saturated rings. The number of esters is 1. The smallest absolute Gasteiger partial charge is 0.338 e. The highest BCUT2D eigenvalue weighted by molar-refractivity contribution is 14.1. The molecule has 0 radical (unpaired) electrons. The van der Waals surface area contributed by atoms with Gasteiger partial charge < -0.3 is 4.74 Å². The first-order valence-corrected chi connectivity index (χ1v) is 5.32.